The Kier molecular flexibility index (Phi) is 5.87. The Bertz CT molecular complexity index is 710. The molecule has 122 valence electrons. The number of aryl methyl sites for hydroxylation is 1. The lowest BCUT2D eigenvalue weighted by atomic mass is 10.2. The van der Waals surface area contributed by atoms with Gasteiger partial charge < -0.3 is 15.0 Å². The SMILES string of the molecule is Cc1ccc(C(=O)Nc2cccc(CSCCC(=O)O)c2)n1C. The van der Waals surface area contributed by atoms with Gasteiger partial charge in [0.05, 0.1) is 6.42 Å². The van der Waals surface area contributed by atoms with Crippen LogP contribution in [0.4, 0.5) is 5.69 Å². The van der Waals surface area contributed by atoms with Crippen molar-refractivity contribution in [3.8, 4) is 0 Å². The minimum atomic E-state index is -0.781. The van der Waals surface area contributed by atoms with Crippen molar-refractivity contribution >= 4 is 29.3 Å². The molecule has 5 nitrogen and oxygen atoms in total. The highest BCUT2D eigenvalue weighted by atomic mass is 32.2. The largest absolute Gasteiger partial charge is 0.481 e. The quantitative estimate of drug-likeness (QED) is 0.763. The summed E-state index contributed by atoms with van der Waals surface area (Å²) >= 11 is 1.57. The first-order valence-electron chi connectivity index (χ1n) is 7.29. The van der Waals surface area contributed by atoms with Crippen LogP contribution in [-0.2, 0) is 17.6 Å². The fourth-order valence-corrected chi connectivity index (χ4v) is 3.00. The highest BCUT2D eigenvalue weighted by Crippen LogP contribution is 2.18. The average Bonchev–Trinajstić information content (AvgIpc) is 2.84. The topological polar surface area (TPSA) is 71.3 Å². The molecule has 2 aromatic rings. The number of carboxylic acids is 1. The maximum absolute atomic E-state index is 12.3. The Hall–Kier alpha value is -2.21. The molecule has 0 aliphatic carbocycles. The minimum absolute atomic E-state index is 0.142. The molecular weight excluding hydrogens is 312 g/mol. The average molecular weight is 332 g/mol. The van der Waals surface area contributed by atoms with E-state index < -0.39 is 5.97 Å². The molecule has 1 aromatic heterocycles. The standard InChI is InChI=1S/C17H20N2O3S/c1-12-6-7-15(19(12)2)17(22)18-14-5-3-4-13(10-14)11-23-9-8-16(20)21/h3-7,10H,8-9,11H2,1-2H3,(H,18,22)(H,20,21). The van der Waals surface area contributed by atoms with Crippen molar-refractivity contribution in [2.75, 3.05) is 11.1 Å². The summed E-state index contributed by atoms with van der Waals surface area (Å²) in [6.45, 7) is 1.95. The van der Waals surface area contributed by atoms with E-state index >= 15 is 0 Å². The van der Waals surface area contributed by atoms with E-state index in [0.717, 1.165) is 22.7 Å². The molecule has 0 spiro atoms. The highest BCUT2D eigenvalue weighted by molar-refractivity contribution is 7.98. The second-order valence-electron chi connectivity index (χ2n) is 5.27. The Morgan fingerprint density at radius 2 is 2.04 bits per heavy atom. The molecule has 0 radical (unpaired) electrons. The van der Waals surface area contributed by atoms with E-state index in [4.69, 9.17) is 5.11 Å². The van der Waals surface area contributed by atoms with Gasteiger partial charge in [-0.3, -0.25) is 9.59 Å². The monoisotopic (exact) mass is 332 g/mol. The molecule has 2 rings (SSSR count). The summed E-state index contributed by atoms with van der Waals surface area (Å²) in [6, 6.07) is 11.3. The van der Waals surface area contributed by atoms with E-state index in [-0.39, 0.29) is 12.3 Å². The number of aliphatic carboxylic acids is 1. The van der Waals surface area contributed by atoms with Gasteiger partial charge in [0.15, 0.2) is 0 Å². The molecule has 1 amide bonds. The molecule has 6 heteroatoms. The van der Waals surface area contributed by atoms with Gasteiger partial charge in [0.1, 0.15) is 5.69 Å². The van der Waals surface area contributed by atoms with E-state index in [0.29, 0.717) is 11.4 Å². The predicted octanol–water partition coefficient (Wildman–Crippen LogP) is 3.29. The van der Waals surface area contributed by atoms with Gasteiger partial charge in [-0.1, -0.05) is 12.1 Å². The van der Waals surface area contributed by atoms with E-state index in [9.17, 15) is 9.59 Å². The summed E-state index contributed by atoms with van der Waals surface area (Å²) in [5.74, 6) is 0.377. The zero-order chi connectivity index (χ0) is 16.8. The first-order valence-corrected chi connectivity index (χ1v) is 8.45. The Labute approximate surface area is 139 Å². The fraction of sp³-hybridized carbons (Fsp3) is 0.294. The zero-order valence-electron chi connectivity index (χ0n) is 13.2. The molecule has 1 heterocycles. The number of aromatic nitrogens is 1. The molecule has 23 heavy (non-hydrogen) atoms. The van der Waals surface area contributed by atoms with Crippen LogP contribution in [0.25, 0.3) is 0 Å². The summed E-state index contributed by atoms with van der Waals surface area (Å²) in [5, 5.41) is 11.5. The molecule has 1 aromatic carbocycles. The second kappa shape index (κ2) is 7.87. The minimum Gasteiger partial charge on any atom is -0.481 e. The Balaban J connectivity index is 1.95. The maximum Gasteiger partial charge on any atom is 0.304 e. The highest BCUT2D eigenvalue weighted by Gasteiger charge is 2.11. The van der Waals surface area contributed by atoms with Gasteiger partial charge in [0.2, 0.25) is 0 Å². The van der Waals surface area contributed by atoms with Crippen LogP contribution in [0.15, 0.2) is 36.4 Å². The van der Waals surface area contributed by atoms with Crippen molar-refractivity contribution in [2.45, 2.75) is 19.1 Å². The second-order valence-corrected chi connectivity index (χ2v) is 6.37. The smallest absolute Gasteiger partial charge is 0.304 e. The first kappa shape index (κ1) is 17.1. The number of thioether (sulfide) groups is 1. The number of nitrogens with one attached hydrogen (secondary N) is 1. The van der Waals surface area contributed by atoms with Crippen LogP contribution in [0.1, 0.15) is 28.2 Å². The number of carbonyl (C=O) groups excluding carboxylic acids is 1. The Morgan fingerprint density at radius 1 is 1.26 bits per heavy atom. The number of carbonyl (C=O) groups is 2. The van der Waals surface area contributed by atoms with Crippen LogP contribution >= 0.6 is 11.8 Å². The van der Waals surface area contributed by atoms with Crippen molar-refractivity contribution in [2.24, 2.45) is 7.05 Å². The summed E-state index contributed by atoms with van der Waals surface area (Å²) in [7, 11) is 1.86. The lowest BCUT2D eigenvalue weighted by Gasteiger charge is -2.09. The van der Waals surface area contributed by atoms with Gasteiger partial charge in [0.25, 0.3) is 5.91 Å². The third-order valence-corrected chi connectivity index (χ3v) is 4.55. The fourth-order valence-electron chi connectivity index (χ4n) is 2.12. The van der Waals surface area contributed by atoms with Crippen molar-refractivity contribution in [1.82, 2.24) is 4.57 Å². The third-order valence-electron chi connectivity index (χ3n) is 3.52. The van der Waals surface area contributed by atoms with E-state index in [1.807, 2.05) is 48.9 Å². The number of amides is 1. The normalized spacial score (nSPS) is 10.5. The number of anilines is 1. The van der Waals surface area contributed by atoms with Gasteiger partial charge >= 0.3 is 5.97 Å². The van der Waals surface area contributed by atoms with Gasteiger partial charge in [-0.15, -0.1) is 0 Å². The molecule has 2 N–H and O–H groups in total. The third kappa shape index (κ3) is 4.89. The number of rotatable bonds is 7. The summed E-state index contributed by atoms with van der Waals surface area (Å²) in [4.78, 5) is 22.8. The predicted molar refractivity (Wildman–Crippen MR) is 93.0 cm³/mol. The van der Waals surface area contributed by atoms with Gasteiger partial charge in [0, 0.05) is 29.9 Å². The van der Waals surface area contributed by atoms with Crippen LogP contribution in [0.5, 0.6) is 0 Å². The van der Waals surface area contributed by atoms with Crippen LogP contribution < -0.4 is 5.32 Å². The molecule has 0 aliphatic rings. The number of hydrogen-bond donors (Lipinski definition) is 2. The van der Waals surface area contributed by atoms with E-state index in [1.54, 1.807) is 17.8 Å². The molecular formula is C17H20N2O3S. The van der Waals surface area contributed by atoms with Crippen LogP contribution in [-0.4, -0.2) is 27.3 Å². The summed E-state index contributed by atoms with van der Waals surface area (Å²) < 4.78 is 1.85. The van der Waals surface area contributed by atoms with Crippen molar-refractivity contribution in [1.29, 1.82) is 0 Å². The van der Waals surface area contributed by atoms with E-state index in [2.05, 4.69) is 5.32 Å². The van der Waals surface area contributed by atoms with Crippen LogP contribution in [0.2, 0.25) is 0 Å². The molecule has 0 unspecified atom stereocenters. The van der Waals surface area contributed by atoms with Crippen LogP contribution in [0, 0.1) is 6.92 Å². The number of nitrogens with zero attached hydrogens (tertiary/aromatic N) is 1. The molecule has 0 saturated heterocycles. The lowest BCUT2D eigenvalue weighted by molar-refractivity contribution is -0.136. The van der Waals surface area contributed by atoms with Gasteiger partial charge in [-0.05, 0) is 36.8 Å². The summed E-state index contributed by atoms with van der Waals surface area (Å²) in [5.41, 5.74) is 3.44. The zero-order valence-corrected chi connectivity index (χ0v) is 14.0. The maximum atomic E-state index is 12.3. The molecule has 0 saturated carbocycles. The van der Waals surface area contributed by atoms with Gasteiger partial charge in [-0.2, -0.15) is 11.8 Å². The van der Waals surface area contributed by atoms with Gasteiger partial charge in [-0.25, -0.2) is 0 Å². The number of hydrogen-bond acceptors (Lipinski definition) is 3. The first-order chi connectivity index (χ1) is 11.0. The molecule has 0 fully saturated rings. The Morgan fingerprint density at radius 3 is 2.70 bits per heavy atom. The number of carboxylic acid groups (broad SMARTS) is 1. The van der Waals surface area contributed by atoms with Crippen molar-refractivity contribution in [3.05, 3.63) is 53.3 Å². The molecule has 0 bridgehead atoms. The van der Waals surface area contributed by atoms with E-state index in [1.165, 1.54) is 0 Å². The molecule has 0 aliphatic heterocycles. The summed E-state index contributed by atoms with van der Waals surface area (Å²) in [6.07, 6.45) is 0.161. The van der Waals surface area contributed by atoms with Crippen molar-refractivity contribution in [3.63, 3.8) is 0 Å². The van der Waals surface area contributed by atoms with Crippen molar-refractivity contribution < 1.29 is 14.7 Å². The lowest BCUT2D eigenvalue weighted by Crippen LogP contribution is -2.16. The van der Waals surface area contributed by atoms with Crippen LogP contribution in [0.3, 0.4) is 0 Å². The number of benzene rings is 1. The molecule has 0 atom stereocenters.